The molecule has 0 spiro atoms. The second kappa shape index (κ2) is 14.4. The van der Waals surface area contributed by atoms with Crippen LogP contribution < -0.4 is 26.2 Å². The highest BCUT2D eigenvalue weighted by atomic mass is 15.2. The standard InChI is InChI=1S/C60H63BN2/c1-38-31-54-56-55(32-38)63(51-28-25-44(58(6,7)8)35-45(51)41-21-17-14-18-22-41)53-37-47-46(59(9,10)29-30-60(47,11)12)36-49(53)61(56)48-34-42(40-19-15-13-16-20-40)23-26-52(48)62(54)50-27-24-43(33-39(50)2)57(3,4)5/h13-28,31-37H,29-30H2,1-12H3. The molecule has 2 heterocycles. The van der Waals surface area contributed by atoms with Crippen LogP contribution in [0.15, 0.2) is 140 Å². The van der Waals surface area contributed by atoms with E-state index in [4.69, 9.17) is 0 Å². The molecule has 7 aromatic rings. The van der Waals surface area contributed by atoms with Crippen molar-refractivity contribution in [1.82, 2.24) is 0 Å². The fourth-order valence-electron chi connectivity index (χ4n) is 10.9. The highest BCUT2D eigenvalue weighted by Gasteiger charge is 2.47. The van der Waals surface area contributed by atoms with Gasteiger partial charge in [-0.05, 0) is 157 Å². The van der Waals surface area contributed by atoms with Crippen LogP contribution in [0, 0.1) is 13.8 Å². The summed E-state index contributed by atoms with van der Waals surface area (Å²) in [5.74, 6) is 0. The first-order valence-electron chi connectivity index (χ1n) is 23.3. The van der Waals surface area contributed by atoms with Crippen molar-refractivity contribution in [2.24, 2.45) is 0 Å². The van der Waals surface area contributed by atoms with Gasteiger partial charge in [-0.2, -0.15) is 0 Å². The van der Waals surface area contributed by atoms with E-state index in [1.54, 1.807) is 0 Å². The van der Waals surface area contributed by atoms with Crippen molar-refractivity contribution >= 4 is 57.2 Å². The molecule has 2 aliphatic heterocycles. The van der Waals surface area contributed by atoms with Crippen molar-refractivity contribution in [2.45, 2.75) is 118 Å². The maximum absolute atomic E-state index is 2.67. The van der Waals surface area contributed by atoms with Gasteiger partial charge in [0, 0.05) is 34.0 Å². The summed E-state index contributed by atoms with van der Waals surface area (Å²) in [6.07, 6.45) is 2.33. The first-order chi connectivity index (χ1) is 29.8. The molecule has 0 aromatic heterocycles. The van der Waals surface area contributed by atoms with E-state index < -0.39 is 0 Å². The molecule has 3 aliphatic rings. The molecule has 2 nitrogen and oxygen atoms in total. The van der Waals surface area contributed by atoms with Crippen molar-refractivity contribution in [3.05, 3.63) is 173 Å². The van der Waals surface area contributed by atoms with Crippen LogP contribution >= 0.6 is 0 Å². The SMILES string of the molecule is Cc1cc2c3c(c1)N(c1ccc(C(C)(C)C)cc1-c1ccccc1)c1cc4c(cc1B3c1cc(-c3ccccc3)ccc1N2c1ccc(C(C)(C)C)cc1C)C(C)(C)CCC4(C)C. The van der Waals surface area contributed by atoms with Gasteiger partial charge in [0.15, 0.2) is 0 Å². The number of fused-ring (bicyclic) bond motifs is 5. The predicted octanol–water partition coefficient (Wildman–Crippen LogP) is 14.7. The molecule has 7 aromatic carbocycles. The van der Waals surface area contributed by atoms with Gasteiger partial charge in [-0.25, -0.2) is 0 Å². The number of nitrogens with zero attached hydrogens (tertiary/aromatic N) is 2. The topological polar surface area (TPSA) is 6.48 Å². The number of rotatable bonds is 4. The average molecular weight is 823 g/mol. The Morgan fingerprint density at radius 1 is 0.444 bits per heavy atom. The minimum Gasteiger partial charge on any atom is -0.311 e. The third kappa shape index (κ3) is 6.77. The second-order valence-electron chi connectivity index (χ2n) is 22.3. The molecule has 0 atom stereocenters. The van der Waals surface area contributed by atoms with Crippen LogP contribution in [0.3, 0.4) is 0 Å². The van der Waals surface area contributed by atoms with Crippen LogP contribution in [0.4, 0.5) is 34.1 Å². The molecule has 0 saturated heterocycles. The van der Waals surface area contributed by atoms with Crippen LogP contribution in [0.5, 0.6) is 0 Å². The summed E-state index contributed by atoms with van der Waals surface area (Å²) in [4.78, 5) is 5.27. The van der Waals surface area contributed by atoms with Gasteiger partial charge < -0.3 is 9.80 Å². The lowest BCUT2D eigenvalue weighted by Crippen LogP contribution is -2.62. The molecular formula is C60H63BN2. The normalized spacial score (nSPS) is 16.0. The van der Waals surface area contributed by atoms with Crippen molar-refractivity contribution in [2.75, 3.05) is 9.80 Å². The molecule has 0 amide bonds. The zero-order chi connectivity index (χ0) is 44.4. The lowest BCUT2D eigenvalue weighted by molar-refractivity contribution is 0.332. The van der Waals surface area contributed by atoms with E-state index in [2.05, 4.69) is 232 Å². The Bertz CT molecular complexity index is 2940. The predicted molar refractivity (Wildman–Crippen MR) is 273 cm³/mol. The van der Waals surface area contributed by atoms with Crippen LogP contribution in [0.1, 0.15) is 115 Å². The molecule has 63 heavy (non-hydrogen) atoms. The van der Waals surface area contributed by atoms with Crippen LogP contribution in [0.25, 0.3) is 22.3 Å². The van der Waals surface area contributed by atoms with Crippen LogP contribution in [-0.2, 0) is 21.7 Å². The van der Waals surface area contributed by atoms with E-state index >= 15 is 0 Å². The third-order valence-electron chi connectivity index (χ3n) is 14.8. The highest BCUT2D eigenvalue weighted by Crippen LogP contribution is 2.52. The minimum atomic E-state index is -0.00872. The molecule has 0 N–H and O–H groups in total. The van der Waals surface area contributed by atoms with Gasteiger partial charge in [-0.15, -0.1) is 0 Å². The van der Waals surface area contributed by atoms with Gasteiger partial charge in [0.25, 0.3) is 6.71 Å². The Labute approximate surface area is 378 Å². The van der Waals surface area contributed by atoms with Crippen LogP contribution in [-0.4, -0.2) is 6.71 Å². The second-order valence-corrected chi connectivity index (χ2v) is 22.3. The van der Waals surface area contributed by atoms with E-state index in [0.717, 1.165) is 6.42 Å². The molecule has 0 bridgehead atoms. The largest absolute Gasteiger partial charge is 0.311 e. The van der Waals surface area contributed by atoms with Gasteiger partial charge in [0.1, 0.15) is 0 Å². The zero-order valence-electron chi connectivity index (χ0n) is 39.7. The Hall–Kier alpha value is -5.80. The van der Waals surface area contributed by atoms with Crippen molar-refractivity contribution in [3.63, 3.8) is 0 Å². The molecule has 3 heteroatoms. The molecule has 0 unspecified atom stereocenters. The van der Waals surface area contributed by atoms with Crippen LogP contribution in [0.2, 0.25) is 0 Å². The third-order valence-corrected chi connectivity index (χ3v) is 14.8. The monoisotopic (exact) mass is 823 g/mol. The number of hydrogen-bond donors (Lipinski definition) is 0. The summed E-state index contributed by atoms with van der Waals surface area (Å²) in [6, 6.07) is 54.0. The molecule has 0 saturated carbocycles. The molecule has 316 valence electrons. The van der Waals surface area contributed by atoms with Crippen molar-refractivity contribution < 1.29 is 0 Å². The lowest BCUT2D eigenvalue weighted by Gasteiger charge is -2.48. The fourth-order valence-corrected chi connectivity index (χ4v) is 10.9. The van der Waals surface area contributed by atoms with Crippen molar-refractivity contribution in [1.29, 1.82) is 0 Å². The maximum Gasteiger partial charge on any atom is 0.252 e. The van der Waals surface area contributed by atoms with E-state index in [1.165, 1.54) is 113 Å². The van der Waals surface area contributed by atoms with E-state index in [0.29, 0.717) is 0 Å². The quantitative estimate of drug-likeness (QED) is 0.163. The number of hydrogen-bond acceptors (Lipinski definition) is 2. The van der Waals surface area contributed by atoms with E-state index in [-0.39, 0.29) is 28.4 Å². The first-order valence-corrected chi connectivity index (χ1v) is 23.3. The molecule has 10 rings (SSSR count). The first kappa shape index (κ1) is 41.2. The maximum atomic E-state index is 2.67. The summed E-state index contributed by atoms with van der Waals surface area (Å²) in [5.41, 5.74) is 25.0. The Morgan fingerprint density at radius 3 is 1.54 bits per heavy atom. The van der Waals surface area contributed by atoms with E-state index in [1.807, 2.05) is 0 Å². The molecule has 1 aliphatic carbocycles. The summed E-state index contributed by atoms with van der Waals surface area (Å²) in [6.45, 7) is 28.4. The summed E-state index contributed by atoms with van der Waals surface area (Å²) in [7, 11) is 0. The summed E-state index contributed by atoms with van der Waals surface area (Å²) in [5, 5.41) is 0. The molecule has 0 fully saturated rings. The van der Waals surface area contributed by atoms with Gasteiger partial charge in [-0.1, -0.05) is 166 Å². The Balaban J connectivity index is 1.35. The lowest BCUT2D eigenvalue weighted by atomic mass is 9.33. The molecule has 0 radical (unpaired) electrons. The minimum absolute atomic E-state index is 0.00872. The van der Waals surface area contributed by atoms with Crippen molar-refractivity contribution in [3.8, 4) is 22.3 Å². The molecular weight excluding hydrogens is 759 g/mol. The number of aryl methyl sites for hydroxylation is 2. The van der Waals surface area contributed by atoms with Gasteiger partial charge in [0.05, 0.1) is 5.69 Å². The fraction of sp³-hybridized carbons (Fsp3) is 0.300. The average Bonchev–Trinajstić information content (AvgIpc) is 3.24. The summed E-state index contributed by atoms with van der Waals surface area (Å²) >= 11 is 0. The van der Waals surface area contributed by atoms with E-state index in [9.17, 15) is 0 Å². The smallest absolute Gasteiger partial charge is 0.252 e. The number of benzene rings is 7. The number of anilines is 6. The highest BCUT2D eigenvalue weighted by molar-refractivity contribution is 7.00. The zero-order valence-corrected chi connectivity index (χ0v) is 39.7. The van der Waals surface area contributed by atoms with Gasteiger partial charge in [-0.3, -0.25) is 0 Å². The Kier molecular flexibility index (Phi) is 9.40. The van der Waals surface area contributed by atoms with Gasteiger partial charge >= 0.3 is 0 Å². The summed E-state index contributed by atoms with van der Waals surface area (Å²) < 4.78 is 0. The Morgan fingerprint density at radius 2 is 0.952 bits per heavy atom. The van der Waals surface area contributed by atoms with Gasteiger partial charge in [0.2, 0.25) is 0 Å².